The molecule has 0 fully saturated rings. The van der Waals surface area contributed by atoms with Gasteiger partial charge in [0.15, 0.2) is 11.5 Å². The number of hydrogen-bond donors (Lipinski definition) is 1. The lowest BCUT2D eigenvalue weighted by molar-refractivity contribution is 0.0599. The first-order valence-electron chi connectivity index (χ1n) is 7.98. The Kier molecular flexibility index (Phi) is 5.15. The van der Waals surface area contributed by atoms with E-state index in [0.29, 0.717) is 30.3 Å². The van der Waals surface area contributed by atoms with Crippen molar-refractivity contribution in [3.8, 4) is 11.5 Å². The van der Waals surface area contributed by atoms with E-state index in [1.807, 2.05) is 0 Å². The van der Waals surface area contributed by atoms with Gasteiger partial charge in [0.05, 0.1) is 17.6 Å². The molecule has 0 bridgehead atoms. The minimum absolute atomic E-state index is 0.000966. The molecule has 1 heterocycles. The average Bonchev–Trinajstić information content (AvgIpc) is 2.66. The number of carbonyl (C=O) groups is 1. The number of ether oxygens (including phenoxy) is 3. The van der Waals surface area contributed by atoms with Crippen LogP contribution in [0.1, 0.15) is 21.5 Å². The molecule has 0 saturated carbocycles. The molecule has 3 rings (SSSR count). The highest BCUT2D eigenvalue weighted by Gasteiger charge is 2.19. The summed E-state index contributed by atoms with van der Waals surface area (Å²) in [5.41, 5.74) is 1.59. The van der Waals surface area contributed by atoms with Crippen LogP contribution in [-0.4, -0.2) is 34.7 Å². The number of rotatable bonds is 5. The fourth-order valence-corrected chi connectivity index (χ4v) is 3.60. The van der Waals surface area contributed by atoms with E-state index in [4.69, 9.17) is 9.47 Å². The summed E-state index contributed by atoms with van der Waals surface area (Å²) in [5.74, 6) is 0.659. The Morgan fingerprint density at radius 3 is 2.58 bits per heavy atom. The van der Waals surface area contributed by atoms with E-state index in [1.54, 1.807) is 31.2 Å². The van der Waals surface area contributed by atoms with Gasteiger partial charge >= 0.3 is 5.97 Å². The smallest absolute Gasteiger partial charge is 0.338 e. The van der Waals surface area contributed by atoms with Gasteiger partial charge in [-0.15, -0.1) is 0 Å². The minimum atomic E-state index is -3.79. The summed E-state index contributed by atoms with van der Waals surface area (Å²) in [6.07, 6.45) is 0. The van der Waals surface area contributed by atoms with Crippen molar-refractivity contribution < 1.29 is 27.4 Å². The van der Waals surface area contributed by atoms with Crippen molar-refractivity contribution in [3.63, 3.8) is 0 Å². The highest BCUT2D eigenvalue weighted by atomic mass is 32.2. The summed E-state index contributed by atoms with van der Waals surface area (Å²) in [5, 5.41) is 0. The van der Waals surface area contributed by atoms with Gasteiger partial charge in [0, 0.05) is 6.54 Å². The first-order chi connectivity index (χ1) is 12.4. The highest BCUT2D eigenvalue weighted by Crippen LogP contribution is 2.30. The van der Waals surface area contributed by atoms with Crippen LogP contribution < -0.4 is 14.2 Å². The van der Waals surface area contributed by atoms with E-state index in [2.05, 4.69) is 9.46 Å². The van der Waals surface area contributed by atoms with E-state index < -0.39 is 16.0 Å². The predicted molar refractivity (Wildman–Crippen MR) is 94.0 cm³/mol. The molecule has 7 nitrogen and oxygen atoms in total. The second-order valence-electron chi connectivity index (χ2n) is 5.77. The van der Waals surface area contributed by atoms with Crippen LogP contribution in [0.5, 0.6) is 11.5 Å². The molecule has 0 saturated heterocycles. The van der Waals surface area contributed by atoms with Crippen molar-refractivity contribution in [1.29, 1.82) is 0 Å². The number of hydrogen-bond acceptors (Lipinski definition) is 6. The third-order valence-corrected chi connectivity index (χ3v) is 5.40. The van der Waals surface area contributed by atoms with Crippen LogP contribution in [0.3, 0.4) is 0 Å². The molecule has 0 unspecified atom stereocenters. The SMILES string of the molecule is COC(=O)c1cc(S(=O)(=O)NCc2ccc3c(c2)OCCO3)ccc1C. The van der Waals surface area contributed by atoms with Gasteiger partial charge < -0.3 is 14.2 Å². The van der Waals surface area contributed by atoms with Crippen molar-refractivity contribution in [2.45, 2.75) is 18.4 Å². The number of aryl methyl sites for hydroxylation is 1. The van der Waals surface area contributed by atoms with Crippen LogP contribution in [0.15, 0.2) is 41.3 Å². The zero-order valence-corrected chi connectivity index (χ0v) is 15.3. The van der Waals surface area contributed by atoms with Gasteiger partial charge in [0.2, 0.25) is 10.0 Å². The molecule has 1 aliphatic rings. The second kappa shape index (κ2) is 7.35. The van der Waals surface area contributed by atoms with E-state index in [-0.39, 0.29) is 17.0 Å². The maximum Gasteiger partial charge on any atom is 0.338 e. The lowest BCUT2D eigenvalue weighted by Crippen LogP contribution is -2.24. The fraction of sp³-hybridized carbons (Fsp3) is 0.278. The van der Waals surface area contributed by atoms with Gasteiger partial charge in [0.25, 0.3) is 0 Å². The van der Waals surface area contributed by atoms with Crippen molar-refractivity contribution in [1.82, 2.24) is 4.72 Å². The molecule has 1 N–H and O–H groups in total. The average molecular weight is 377 g/mol. The molecule has 26 heavy (non-hydrogen) atoms. The van der Waals surface area contributed by atoms with E-state index >= 15 is 0 Å². The molecular weight excluding hydrogens is 358 g/mol. The molecule has 2 aromatic rings. The van der Waals surface area contributed by atoms with Gasteiger partial charge in [-0.25, -0.2) is 17.9 Å². The summed E-state index contributed by atoms with van der Waals surface area (Å²) < 4.78 is 43.2. The lowest BCUT2D eigenvalue weighted by Gasteiger charge is -2.19. The third kappa shape index (κ3) is 3.81. The Morgan fingerprint density at radius 2 is 1.85 bits per heavy atom. The fourth-order valence-electron chi connectivity index (χ4n) is 2.56. The van der Waals surface area contributed by atoms with Gasteiger partial charge in [-0.2, -0.15) is 0 Å². The maximum absolute atomic E-state index is 12.5. The first-order valence-corrected chi connectivity index (χ1v) is 9.46. The highest BCUT2D eigenvalue weighted by molar-refractivity contribution is 7.89. The van der Waals surface area contributed by atoms with Crippen LogP contribution in [0.4, 0.5) is 0 Å². The molecule has 1 aliphatic heterocycles. The number of esters is 1. The molecule has 2 aromatic carbocycles. The number of sulfonamides is 1. The Labute approximate surface area is 151 Å². The molecule has 0 atom stereocenters. The first kappa shape index (κ1) is 18.2. The molecular formula is C18H19NO6S. The summed E-state index contributed by atoms with van der Waals surface area (Å²) >= 11 is 0. The zero-order valence-electron chi connectivity index (χ0n) is 14.4. The predicted octanol–water partition coefficient (Wildman–Crippen LogP) is 2.03. The Balaban J connectivity index is 1.78. The number of methoxy groups -OCH3 is 1. The number of fused-ring (bicyclic) bond motifs is 1. The van der Waals surface area contributed by atoms with Crippen molar-refractivity contribution in [2.24, 2.45) is 0 Å². The van der Waals surface area contributed by atoms with Crippen molar-refractivity contribution in [2.75, 3.05) is 20.3 Å². The van der Waals surface area contributed by atoms with E-state index in [1.165, 1.54) is 19.2 Å². The molecule has 0 spiro atoms. The van der Waals surface area contributed by atoms with Crippen LogP contribution in [0.2, 0.25) is 0 Å². The topological polar surface area (TPSA) is 90.9 Å². The molecule has 0 radical (unpaired) electrons. The maximum atomic E-state index is 12.5. The number of benzene rings is 2. The summed E-state index contributed by atoms with van der Waals surface area (Å²) in [6, 6.07) is 9.60. The van der Waals surface area contributed by atoms with Crippen molar-refractivity contribution >= 4 is 16.0 Å². The second-order valence-corrected chi connectivity index (χ2v) is 7.54. The van der Waals surface area contributed by atoms with Crippen LogP contribution in [0.25, 0.3) is 0 Å². The van der Waals surface area contributed by atoms with E-state index in [0.717, 1.165) is 5.56 Å². The van der Waals surface area contributed by atoms with Crippen molar-refractivity contribution in [3.05, 3.63) is 53.1 Å². The van der Waals surface area contributed by atoms with Gasteiger partial charge in [0.1, 0.15) is 13.2 Å². The molecule has 138 valence electrons. The van der Waals surface area contributed by atoms with Crippen LogP contribution in [0, 0.1) is 6.92 Å². The molecule has 0 aliphatic carbocycles. The standard InChI is InChI=1S/C18H19NO6S/c1-12-3-5-14(10-15(12)18(20)23-2)26(21,22)19-11-13-4-6-16-17(9-13)25-8-7-24-16/h3-6,9-10,19H,7-8,11H2,1-2H3. The molecule has 8 heteroatoms. The van der Waals surface area contributed by atoms with E-state index in [9.17, 15) is 13.2 Å². The Morgan fingerprint density at radius 1 is 1.12 bits per heavy atom. The summed E-state index contributed by atoms with van der Waals surface area (Å²) in [4.78, 5) is 11.8. The van der Waals surface area contributed by atoms with Crippen LogP contribution >= 0.6 is 0 Å². The normalized spacial score (nSPS) is 13.3. The zero-order chi connectivity index (χ0) is 18.7. The Hall–Kier alpha value is -2.58. The Bertz CT molecular complexity index is 939. The van der Waals surface area contributed by atoms with Gasteiger partial charge in [-0.1, -0.05) is 12.1 Å². The van der Waals surface area contributed by atoms with Crippen LogP contribution in [-0.2, 0) is 21.3 Å². The third-order valence-electron chi connectivity index (χ3n) is 4.00. The summed E-state index contributed by atoms with van der Waals surface area (Å²) in [6.45, 7) is 2.75. The van der Waals surface area contributed by atoms with Gasteiger partial charge in [-0.3, -0.25) is 0 Å². The monoisotopic (exact) mass is 377 g/mol. The molecule has 0 aromatic heterocycles. The van der Waals surface area contributed by atoms with Gasteiger partial charge in [-0.05, 0) is 42.3 Å². The number of carbonyl (C=O) groups excluding carboxylic acids is 1. The lowest BCUT2D eigenvalue weighted by atomic mass is 10.1. The summed E-state index contributed by atoms with van der Waals surface area (Å²) in [7, 11) is -2.54. The molecule has 0 amide bonds. The largest absolute Gasteiger partial charge is 0.486 e. The minimum Gasteiger partial charge on any atom is -0.486 e. The quantitative estimate of drug-likeness (QED) is 0.802. The number of nitrogens with one attached hydrogen (secondary N) is 1.